The van der Waals surface area contributed by atoms with Gasteiger partial charge in [0.05, 0.1) is 30.8 Å². The topological polar surface area (TPSA) is 118 Å². The summed E-state index contributed by atoms with van der Waals surface area (Å²) in [6.07, 6.45) is 3.87. The highest BCUT2D eigenvalue weighted by Gasteiger charge is 2.39. The molecule has 6 heteroatoms. The lowest BCUT2D eigenvalue weighted by atomic mass is 9.66. The van der Waals surface area contributed by atoms with E-state index >= 15 is 0 Å². The summed E-state index contributed by atoms with van der Waals surface area (Å²) in [6.45, 7) is 2.07. The Bertz CT molecular complexity index is 500. The Morgan fingerprint density at radius 1 is 1.29 bits per heavy atom. The molecule has 6 nitrogen and oxygen atoms in total. The minimum absolute atomic E-state index is 0.0396. The van der Waals surface area contributed by atoms with Crippen LogP contribution in [0.15, 0.2) is 23.8 Å². The molecule has 24 heavy (non-hydrogen) atoms. The van der Waals surface area contributed by atoms with Crippen LogP contribution in [-0.4, -0.2) is 55.9 Å². The van der Waals surface area contributed by atoms with Gasteiger partial charge in [0, 0.05) is 12.3 Å². The quantitative estimate of drug-likeness (QED) is 0.469. The molecule has 0 radical (unpaired) electrons. The second kappa shape index (κ2) is 8.25. The third-order valence-electron chi connectivity index (χ3n) is 5.18. The maximum Gasteiger partial charge on any atom is 0.305 e. The van der Waals surface area contributed by atoms with Crippen molar-refractivity contribution in [1.29, 1.82) is 0 Å². The summed E-state index contributed by atoms with van der Waals surface area (Å²) in [7, 11) is 0. The van der Waals surface area contributed by atoms with Gasteiger partial charge < -0.3 is 25.5 Å². The Hall–Kier alpha value is -1.21. The van der Waals surface area contributed by atoms with Crippen LogP contribution in [0.1, 0.15) is 39.0 Å². The summed E-state index contributed by atoms with van der Waals surface area (Å²) in [5.41, 5.74) is 0.949. The van der Waals surface area contributed by atoms with Gasteiger partial charge in [0.15, 0.2) is 0 Å². The molecule has 0 saturated carbocycles. The third-order valence-corrected chi connectivity index (χ3v) is 5.18. The largest absolute Gasteiger partial charge is 0.481 e. The summed E-state index contributed by atoms with van der Waals surface area (Å²) in [6, 6.07) is 0. The lowest BCUT2D eigenvalue weighted by Crippen LogP contribution is -2.40. The number of hydrogen-bond acceptors (Lipinski definition) is 5. The van der Waals surface area contributed by atoms with E-state index < -0.39 is 30.4 Å². The van der Waals surface area contributed by atoms with E-state index in [-0.39, 0.29) is 30.6 Å². The molecule has 2 rings (SSSR count). The lowest BCUT2D eigenvalue weighted by molar-refractivity contribution is -0.139. The molecule has 0 aromatic rings. The number of aliphatic hydroxyl groups is 4. The third kappa shape index (κ3) is 4.89. The van der Waals surface area contributed by atoms with Gasteiger partial charge in [-0.25, -0.2) is 0 Å². The molecule has 0 amide bonds. The number of carboxylic acids is 1. The zero-order valence-corrected chi connectivity index (χ0v) is 14.0. The maximum absolute atomic E-state index is 10.6. The number of allylic oxidation sites excluding steroid dienone is 2. The number of aliphatic hydroxyl groups excluding tert-OH is 4. The van der Waals surface area contributed by atoms with E-state index in [9.17, 15) is 25.2 Å². The molecular weight excluding hydrogens is 312 g/mol. The average Bonchev–Trinajstić information content (AvgIpc) is 2.45. The molecule has 0 spiro atoms. The van der Waals surface area contributed by atoms with Gasteiger partial charge in [-0.2, -0.15) is 0 Å². The summed E-state index contributed by atoms with van der Waals surface area (Å²) >= 11 is 0. The van der Waals surface area contributed by atoms with E-state index in [1.165, 1.54) is 0 Å². The standard InChI is InChI=1S/C18H28O6/c1-10-2-3-11-6-13(20)8-16(22)18(11)15(10)5-4-12(19)7-14(21)9-17(23)24/h2-3,6,10,12-16,18-22H,4-5,7-9H2,1H3,(H,23,24)/t10-,12+,13+,14+,15-,16-,18-/m0/s1. The highest BCUT2D eigenvalue weighted by molar-refractivity contribution is 5.67. The molecule has 2 aliphatic carbocycles. The first-order chi connectivity index (χ1) is 11.3. The van der Waals surface area contributed by atoms with Gasteiger partial charge in [0.2, 0.25) is 0 Å². The van der Waals surface area contributed by atoms with Crippen molar-refractivity contribution in [2.45, 2.75) is 63.4 Å². The zero-order chi connectivity index (χ0) is 17.9. The predicted molar refractivity (Wildman–Crippen MR) is 88.1 cm³/mol. The Morgan fingerprint density at radius 3 is 2.67 bits per heavy atom. The van der Waals surface area contributed by atoms with Crippen LogP contribution in [0.2, 0.25) is 0 Å². The van der Waals surface area contributed by atoms with Crippen molar-refractivity contribution < 1.29 is 30.3 Å². The molecule has 136 valence electrons. The van der Waals surface area contributed by atoms with Crippen LogP contribution in [-0.2, 0) is 4.79 Å². The zero-order valence-electron chi connectivity index (χ0n) is 14.0. The van der Waals surface area contributed by atoms with E-state index in [1.54, 1.807) is 6.08 Å². The average molecular weight is 340 g/mol. The number of rotatable bonds is 7. The minimum atomic E-state index is -1.08. The monoisotopic (exact) mass is 340 g/mol. The minimum Gasteiger partial charge on any atom is -0.481 e. The van der Waals surface area contributed by atoms with Gasteiger partial charge >= 0.3 is 5.97 Å². The Balaban J connectivity index is 1.94. The van der Waals surface area contributed by atoms with E-state index in [1.807, 2.05) is 6.08 Å². The number of aliphatic carboxylic acids is 1. The van der Waals surface area contributed by atoms with Gasteiger partial charge in [-0.15, -0.1) is 0 Å². The van der Waals surface area contributed by atoms with Crippen molar-refractivity contribution >= 4 is 5.97 Å². The molecule has 0 heterocycles. The SMILES string of the molecule is C[C@H]1C=CC2=C[C@@H](O)C[C@H](O)[C@@H]2[C@H]1CC[C@@H](O)C[C@@H](O)CC(=O)O. The first kappa shape index (κ1) is 19.1. The van der Waals surface area contributed by atoms with Crippen LogP contribution in [0, 0.1) is 17.8 Å². The van der Waals surface area contributed by atoms with Crippen molar-refractivity contribution in [3.8, 4) is 0 Å². The number of carboxylic acid groups (broad SMARTS) is 1. The molecule has 0 fully saturated rings. The van der Waals surface area contributed by atoms with Gasteiger partial charge in [-0.1, -0.05) is 25.2 Å². The highest BCUT2D eigenvalue weighted by Crippen LogP contribution is 2.42. The van der Waals surface area contributed by atoms with Gasteiger partial charge in [0.25, 0.3) is 0 Å². The summed E-state index contributed by atoms with van der Waals surface area (Å²) in [5.74, 6) is -0.743. The summed E-state index contributed by atoms with van der Waals surface area (Å²) in [5, 5.41) is 48.5. The molecule has 0 aromatic carbocycles. The van der Waals surface area contributed by atoms with Crippen molar-refractivity contribution in [2.24, 2.45) is 17.8 Å². The predicted octanol–water partition coefficient (Wildman–Crippen LogP) is 0.843. The number of carbonyl (C=O) groups is 1. The first-order valence-electron chi connectivity index (χ1n) is 8.62. The first-order valence-corrected chi connectivity index (χ1v) is 8.62. The van der Waals surface area contributed by atoms with Gasteiger partial charge in [0.1, 0.15) is 0 Å². The van der Waals surface area contributed by atoms with Crippen molar-refractivity contribution in [2.75, 3.05) is 0 Å². The molecule has 2 aliphatic rings. The Labute approximate surface area is 142 Å². The Kier molecular flexibility index (Phi) is 6.57. The molecular formula is C18H28O6. The van der Waals surface area contributed by atoms with Crippen LogP contribution in [0.4, 0.5) is 0 Å². The maximum atomic E-state index is 10.6. The molecule has 5 N–H and O–H groups in total. The van der Waals surface area contributed by atoms with Crippen molar-refractivity contribution in [3.63, 3.8) is 0 Å². The van der Waals surface area contributed by atoms with Crippen molar-refractivity contribution in [1.82, 2.24) is 0 Å². The molecule has 7 atom stereocenters. The summed E-state index contributed by atoms with van der Waals surface area (Å²) < 4.78 is 0. The second-order valence-corrected chi connectivity index (χ2v) is 7.16. The molecule has 0 saturated heterocycles. The van der Waals surface area contributed by atoms with Crippen molar-refractivity contribution in [3.05, 3.63) is 23.8 Å². The van der Waals surface area contributed by atoms with E-state index in [0.717, 1.165) is 5.57 Å². The fourth-order valence-corrected chi connectivity index (χ4v) is 3.99. The fourth-order valence-electron chi connectivity index (χ4n) is 3.99. The molecule has 0 aromatic heterocycles. The molecule has 0 aliphatic heterocycles. The number of fused-ring (bicyclic) bond motifs is 1. The van der Waals surface area contributed by atoms with Crippen LogP contribution >= 0.6 is 0 Å². The van der Waals surface area contributed by atoms with E-state index in [0.29, 0.717) is 19.3 Å². The Morgan fingerprint density at radius 2 is 2.00 bits per heavy atom. The fraction of sp³-hybridized carbons (Fsp3) is 0.722. The van der Waals surface area contributed by atoms with E-state index in [2.05, 4.69) is 13.0 Å². The molecule has 0 unspecified atom stereocenters. The van der Waals surface area contributed by atoms with Gasteiger partial charge in [-0.3, -0.25) is 4.79 Å². The molecule has 0 bridgehead atoms. The smallest absolute Gasteiger partial charge is 0.305 e. The van der Waals surface area contributed by atoms with Crippen LogP contribution in [0.25, 0.3) is 0 Å². The second-order valence-electron chi connectivity index (χ2n) is 7.16. The van der Waals surface area contributed by atoms with Crippen LogP contribution in [0.3, 0.4) is 0 Å². The highest BCUT2D eigenvalue weighted by atomic mass is 16.4. The lowest BCUT2D eigenvalue weighted by Gasteiger charge is -2.41. The van der Waals surface area contributed by atoms with Gasteiger partial charge in [-0.05, 0) is 36.7 Å². The van der Waals surface area contributed by atoms with Crippen LogP contribution in [0.5, 0.6) is 0 Å². The van der Waals surface area contributed by atoms with E-state index in [4.69, 9.17) is 5.11 Å². The van der Waals surface area contributed by atoms with Crippen LogP contribution < -0.4 is 0 Å². The number of hydrogen-bond donors (Lipinski definition) is 5. The summed E-state index contributed by atoms with van der Waals surface area (Å²) in [4.78, 5) is 10.6. The normalized spacial score (nSPS) is 35.0.